The molecular weight excluding hydrogens is 234 g/mol. The van der Waals surface area contributed by atoms with E-state index < -0.39 is 0 Å². The molecule has 19 heavy (non-hydrogen) atoms. The van der Waals surface area contributed by atoms with Crippen molar-refractivity contribution >= 4 is 0 Å². The molecule has 2 aromatic carbocycles. The van der Waals surface area contributed by atoms with Gasteiger partial charge in [-0.25, -0.2) is 0 Å². The van der Waals surface area contributed by atoms with Crippen molar-refractivity contribution in [3.05, 3.63) is 65.2 Å². The average Bonchev–Trinajstić information content (AvgIpc) is 2.46. The summed E-state index contributed by atoms with van der Waals surface area (Å²) in [6.45, 7) is 2.77. The highest BCUT2D eigenvalue weighted by molar-refractivity contribution is 5.38. The van der Waals surface area contributed by atoms with Crippen LogP contribution in [0.4, 0.5) is 0 Å². The number of ether oxygens (including phenoxy) is 1. The maximum atomic E-state index is 5.96. The summed E-state index contributed by atoms with van der Waals surface area (Å²) in [4.78, 5) is 0. The molecule has 0 radical (unpaired) electrons. The molecule has 2 rings (SSSR count). The molecule has 2 N–H and O–H groups in total. The predicted molar refractivity (Wildman–Crippen MR) is 79.7 cm³/mol. The highest BCUT2D eigenvalue weighted by Crippen LogP contribution is 2.26. The van der Waals surface area contributed by atoms with Crippen LogP contribution < -0.4 is 10.5 Å². The van der Waals surface area contributed by atoms with Gasteiger partial charge in [0, 0.05) is 5.92 Å². The van der Waals surface area contributed by atoms with Crippen LogP contribution in [0, 0.1) is 6.92 Å². The van der Waals surface area contributed by atoms with Crippen molar-refractivity contribution < 1.29 is 4.74 Å². The topological polar surface area (TPSA) is 35.2 Å². The number of hydrogen-bond donors (Lipinski definition) is 1. The minimum atomic E-state index is 0.355. The van der Waals surface area contributed by atoms with Crippen LogP contribution >= 0.6 is 0 Å². The fourth-order valence-corrected chi connectivity index (χ4v) is 2.45. The van der Waals surface area contributed by atoms with Gasteiger partial charge in [0.25, 0.3) is 0 Å². The van der Waals surface area contributed by atoms with E-state index in [0.29, 0.717) is 12.5 Å². The fourth-order valence-electron chi connectivity index (χ4n) is 2.45. The van der Waals surface area contributed by atoms with Crippen molar-refractivity contribution in [3.63, 3.8) is 0 Å². The summed E-state index contributed by atoms with van der Waals surface area (Å²) in [6, 6.07) is 16.7. The fraction of sp³-hybridized carbons (Fsp3) is 0.294. The Bertz CT molecular complexity index is 522. The Kier molecular flexibility index (Phi) is 4.58. The summed E-state index contributed by atoms with van der Waals surface area (Å²) in [7, 11) is 1.69. The van der Waals surface area contributed by atoms with E-state index in [2.05, 4.69) is 43.3 Å². The molecule has 2 aromatic rings. The highest BCUT2D eigenvalue weighted by Gasteiger charge is 2.13. The molecule has 0 saturated heterocycles. The number of hydrogen-bond acceptors (Lipinski definition) is 2. The van der Waals surface area contributed by atoms with Crippen molar-refractivity contribution in [2.75, 3.05) is 13.7 Å². The van der Waals surface area contributed by atoms with Crippen molar-refractivity contribution in [2.45, 2.75) is 19.3 Å². The van der Waals surface area contributed by atoms with Gasteiger partial charge in [0.1, 0.15) is 5.75 Å². The van der Waals surface area contributed by atoms with Crippen LogP contribution in [0.25, 0.3) is 0 Å². The normalized spacial score (nSPS) is 12.2. The molecule has 0 spiro atoms. The molecule has 2 nitrogen and oxygen atoms in total. The van der Waals surface area contributed by atoms with Crippen LogP contribution in [0.2, 0.25) is 0 Å². The third kappa shape index (κ3) is 3.36. The summed E-state index contributed by atoms with van der Waals surface area (Å²) in [5.41, 5.74) is 9.84. The first kappa shape index (κ1) is 13.6. The van der Waals surface area contributed by atoms with Crippen LogP contribution in [-0.2, 0) is 6.42 Å². The molecule has 100 valence electrons. The van der Waals surface area contributed by atoms with Crippen molar-refractivity contribution in [3.8, 4) is 5.75 Å². The summed E-state index contributed by atoms with van der Waals surface area (Å²) in [5, 5.41) is 0. The van der Waals surface area contributed by atoms with Gasteiger partial charge in [-0.15, -0.1) is 0 Å². The van der Waals surface area contributed by atoms with Crippen molar-refractivity contribution in [1.82, 2.24) is 0 Å². The second-order valence-corrected chi connectivity index (χ2v) is 4.84. The average molecular weight is 255 g/mol. The van der Waals surface area contributed by atoms with E-state index in [0.717, 1.165) is 12.2 Å². The van der Waals surface area contributed by atoms with E-state index in [4.69, 9.17) is 10.5 Å². The molecule has 0 heterocycles. The lowest BCUT2D eigenvalue weighted by Crippen LogP contribution is -2.16. The molecule has 1 atom stereocenters. The smallest absolute Gasteiger partial charge is 0.119 e. The van der Waals surface area contributed by atoms with E-state index in [1.807, 2.05) is 12.1 Å². The van der Waals surface area contributed by atoms with Gasteiger partial charge in [-0.2, -0.15) is 0 Å². The van der Waals surface area contributed by atoms with Gasteiger partial charge in [0.15, 0.2) is 0 Å². The van der Waals surface area contributed by atoms with Gasteiger partial charge in [0.05, 0.1) is 7.11 Å². The second kappa shape index (κ2) is 6.39. The number of aryl methyl sites for hydroxylation is 1. The lowest BCUT2D eigenvalue weighted by molar-refractivity contribution is 0.414. The van der Waals surface area contributed by atoms with Crippen LogP contribution in [0.1, 0.15) is 22.6 Å². The summed E-state index contributed by atoms with van der Waals surface area (Å²) in [6.07, 6.45) is 0.977. The molecule has 0 aliphatic rings. The van der Waals surface area contributed by atoms with Gasteiger partial charge < -0.3 is 10.5 Å². The third-order valence-electron chi connectivity index (χ3n) is 3.53. The minimum Gasteiger partial charge on any atom is -0.497 e. The zero-order valence-electron chi connectivity index (χ0n) is 11.6. The van der Waals surface area contributed by atoms with Gasteiger partial charge in [-0.3, -0.25) is 0 Å². The Morgan fingerprint density at radius 3 is 2.42 bits per heavy atom. The Morgan fingerprint density at radius 2 is 1.84 bits per heavy atom. The number of rotatable bonds is 5. The van der Waals surface area contributed by atoms with E-state index >= 15 is 0 Å². The zero-order chi connectivity index (χ0) is 13.7. The largest absolute Gasteiger partial charge is 0.497 e. The number of nitrogens with two attached hydrogens (primary N) is 1. The third-order valence-corrected chi connectivity index (χ3v) is 3.53. The predicted octanol–water partition coefficient (Wildman–Crippen LogP) is 3.29. The van der Waals surface area contributed by atoms with Crippen LogP contribution in [0.5, 0.6) is 5.75 Å². The molecule has 0 aromatic heterocycles. The van der Waals surface area contributed by atoms with E-state index in [-0.39, 0.29) is 0 Å². The van der Waals surface area contributed by atoms with Crippen LogP contribution in [0.15, 0.2) is 48.5 Å². The van der Waals surface area contributed by atoms with E-state index in [9.17, 15) is 0 Å². The van der Waals surface area contributed by atoms with Crippen LogP contribution in [0.3, 0.4) is 0 Å². The first-order valence-corrected chi connectivity index (χ1v) is 6.63. The van der Waals surface area contributed by atoms with Gasteiger partial charge in [-0.1, -0.05) is 36.4 Å². The molecule has 1 unspecified atom stereocenters. The standard InChI is InChI=1S/C17H21NO/c1-13-10-16(19-2)8-9-17(13)15(12-18)11-14-6-4-3-5-7-14/h3-10,15H,11-12,18H2,1-2H3. The molecule has 0 fully saturated rings. The molecule has 0 amide bonds. The Hall–Kier alpha value is -1.80. The van der Waals surface area contributed by atoms with Gasteiger partial charge in [-0.05, 0) is 48.7 Å². The van der Waals surface area contributed by atoms with Crippen molar-refractivity contribution in [1.29, 1.82) is 0 Å². The summed E-state index contributed by atoms with van der Waals surface area (Å²) in [5.74, 6) is 1.25. The second-order valence-electron chi connectivity index (χ2n) is 4.84. The lowest BCUT2D eigenvalue weighted by Gasteiger charge is -2.18. The van der Waals surface area contributed by atoms with E-state index in [1.54, 1.807) is 7.11 Å². The molecule has 0 aliphatic carbocycles. The molecule has 0 saturated carbocycles. The maximum absolute atomic E-state index is 5.96. The quantitative estimate of drug-likeness (QED) is 0.889. The lowest BCUT2D eigenvalue weighted by atomic mass is 9.89. The van der Waals surface area contributed by atoms with E-state index in [1.165, 1.54) is 16.7 Å². The molecule has 2 heteroatoms. The SMILES string of the molecule is COc1ccc(C(CN)Cc2ccccc2)c(C)c1. The van der Waals surface area contributed by atoms with Crippen LogP contribution in [-0.4, -0.2) is 13.7 Å². The Labute approximate surface area is 115 Å². The number of benzene rings is 2. The minimum absolute atomic E-state index is 0.355. The van der Waals surface area contributed by atoms with Crippen molar-refractivity contribution in [2.24, 2.45) is 5.73 Å². The number of methoxy groups -OCH3 is 1. The zero-order valence-corrected chi connectivity index (χ0v) is 11.6. The molecule has 0 bridgehead atoms. The summed E-state index contributed by atoms with van der Waals surface area (Å²) >= 11 is 0. The monoisotopic (exact) mass is 255 g/mol. The Morgan fingerprint density at radius 1 is 1.11 bits per heavy atom. The highest BCUT2D eigenvalue weighted by atomic mass is 16.5. The molecule has 0 aliphatic heterocycles. The van der Waals surface area contributed by atoms with Gasteiger partial charge >= 0.3 is 0 Å². The van der Waals surface area contributed by atoms with Gasteiger partial charge in [0.2, 0.25) is 0 Å². The first-order chi connectivity index (χ1) is 9.24. The Balaban J connectivity index is 2.22. The summed E-state index contributed by atoms with van der Waals surface area (Å²) < 4.78 is 5.25. The maximum Gasteiger partial charge on any atom is 0.119 e. The molecular formula is C17H21NO. The first-order valence-electron chi connectivity index (χ1n) is 6.63.